The standard InChI is InChI=1S/C20H30N6O4/c21-12-17(27)26-11-5-9-16(26)18(28)25-15(8-4-10-24-20(22)23)19(29)30-13-14-6-2-1-3-7-14/h1-3,6-7,15-16H,4-5,8-13,21H2,(H,25,28)(H4,22,23,24)/t15-,16-/m0/s1. The van der Waals surface area contributed by atoms with Crippen LogP contribution in [0.5, 0.6) is 0 Å². The maximum absolute atomic E-state index is 12.8. The highest BCUT2D eigenvalue weighted by atomic mass is 16.5. The average molecular weight is 418 g/mol. The van der Waals surface area contributed by atoms with Crippen molar-refractivity contribution < 1.29 is 19.1 Å². The monoisotopic (exact) mass is 418 g/mol. The smallest absolute Gasteiger partial charge is 0.328 e. The lowest BCUT2D eigenvalue weighted by atomic mass is 10.1. The Labute approximate surface area is 175 Å². The predicted octanol–water partition coefficient (Wildman–Crippen LogP) is -0.782. The van der Waals surface area contributed by atoms with E-state index in [9.17, 15) is 14.4 Å². The lowest BCUT2D eigenvalue weighted by Crippen LogP contribution is -2.52. The molecule has 0 saturated carbocycles. The van der Waals surface area contributed by atoms with Crippen molar-refractivity contribution in [2.45, 2.75) is 44.4 Å². The maximum atomic E-state index is 12.8. The Morgan fingerprint density at radius 2 is 1.97 bits per heavy atom. The highest BCUT2D eigenvalue weighted by molar-refractivity contribution is 5.91. The van der Waals surface area contributed by atoms with Crippen molar-refractivity contribution in [3.63, 3.8) is 0 Å². The summed E-state index contributed by atoms with van der Waals surface area (Å²) in [5.74, 6) is -1.27. The molecule has 164 valence electrons. The zero-order valence-corrected chi connectivity index (χ0v) is 17.0. The number of ether oxygens (including phenoxy) is 1. The molecule has 1 aliphatic heterocycles. The molecule has 0 aliphatic carbocycles. The first-order valence-corrected chi connectivity index (χ1v) is 9.98. The highest BCUT2D eigenvalue weighted by Gasteiger charge is 2.35. The number of guanidine groups is 1. The molecule has 7 N–H and O–H groups in total. The van der Waals surface area contributed by atoms with E-state index >= 15 is 0 Å². The molecule has 0 bridgehead atoms. The molecule has 1 fully saturated rings. The number of nitrogens with zero attached hydrogens (tertiary/aromatic N) is 2. The van der Waals surface area contributed by atoms with Gasteiger partial charge in [0.1, 0.15) is 18.7 Å². The molecule has 10 heteroatoms. The second-order valence-corrected chi connectivity index (χ2v) is 7.05. The van der Waals surface area contributed by atoms with Gasteiger partial charge in [-0.2, -0.15) is 0 Å². The molecule has 0 aromatic heterocycles. The van der Waals surface area contributed by atoms with Crippen LogP contribution in [-0.2, 0) is 25.7 Å². The van der Waals surface area contributed by atoms with Crippen LogP contribution in [0.4, 0.5) is 0 Å². The van der Waals surface area contributed by atoms with E-state index in [0.717, 1.165) is 5.56 Å². The first-order chi connectivity index (χ1) is 14.4. The maximum Gasteiger partial charge on any atom is 0.328 e. The first kappa shape index (κ1) is 23.1. The van der Waals surface area contributed by atoms with Crippen LogP contribution in [0, 0.1) is 0 Å². The number of nitrogens with two attached hydrogens (primary N) is 3. The summed E-state index contributed by atoms with van der Waals surface area (Å²) in [7, 11) is 0. The van der Waals surface area contributed by atoms with Gasteiger partial charge in [0.15, 0.2) is 5.96 Å². The topological polar surface area (TPSA) is 166 Å². The molecule has 2 amide bonds. The Bertz CT molecular complexity index is 751. The number of aliphatic imine (C=N–C) groups is 1. The molecular formula is C20H30N6O4. The van der Waals surface area contributed by atoms with E-state index in [-0.39, 0.29) is 25.0 Å². The van der Waals surface area contributed by atoms with Gasteiger partial charge in [-0.05, 0) is 31.2 Å². The van der Waals surface area contributed by atoms with Gasteiger partial charge in [0, 0.05) is 13.1 Å². The van der Waals surface area contributed by atoms with Gasteiger partial charge in [0.2, 0.25) is 11.8 Å². The molecule has 0 spiro atoms. The Morgan fingerprint density at radius 1 is 1.23 bits per heavy atom. The zero-order valence-electron chi connectivity index (χ0n) is 17.0. The van der Waals surface area contributed by atoms with Gasteiger partial charge >= 0.3 is 5.97 Å². The van der Waals surface area contributed by atoms with Crippen LogP contribution in [0.2, 0.25) is 0 Å². The largest absolute Gasteiger partial charge is 0.459 e. The van der Waals surface area contributed by atoms with Crippen molar-refractivity contribution in [3.8, 4) is 0 Å². The van der Waals surface area contributed by atoms with Crippen molar-refractivity contribution in [2.24, 2.45) is 22.2 Å². The summed E-state index contributed by atoms with van der Waals surface area (Å²) in [6.07, 6.45) is 2.00. The van der Waals surface area contributed by atoms with E-state index in [2.05, 4.69) is 10.3 Å². The fourth-order valence-electron chi connectivity index (χ4n) is 3.30. The number of esters is 1. The average Bonchev–Trinajstić information content (AvgIpc) is 3.24. The summed E-state index contributed by atoms with van der Waals surface area (Å²) in [4.78, 5) is 42.8. The number of likely N-dealkylation sites (tertiary alicyclic amines) is 1. The molecule has 1 aliphatic rings. The van der Waals surface area contributed by atoms with Gasteiger partial charge in [-0.1, -0.05) is 30.3 Å². The van der Waals surface area contributed by atoms with Crippen molar-refractivity contribution in [2.75, 3.05) is 19.6 Å². The number of hydrogen-bond donors (Lipinski definition) is 4. The fraction of sp³-hybridized carbons (Fsp3) is 0.500. The SMILES string of the molecule is NCC(=O)N1CCC[C@H]1C(=O)N[C@@H](CCCN=C(N)N)C(=O)OCc1ccccc1. The van der Waals surface area contributed by atoms with Gasteiger partial charge in [0.05, 0.1) is 6.54 Å². The minimum absolute atomic E-state index is 0.0378. The van der Waals surface area contributed by atoms with E-state index in [1.165, 1.54) is 4.90 Å². The van der Waals surface area contributed by atoms with E-state index in [0.29, 0.717) is 38.8 Å². The molecule has 1 saturated heterocycles. The van der Waals surface area contributed by atoms with Crippen LogP contribution in [-0.4, -0.2) is 60.4 Å². The summed E-state index contributed by atoms with van der Waals surface area (Å²) in [6, 6.07) is 7.74. The van der Waals surface area contributed by atoms with Gasteiger partial charge in [0.25, 0.3) is 0 Å². The normalized spacial score (nSPS) is 16.6. The third-order valence-electron chi connectivity index (χ3n) is 4.82. The summed E-state index contributed by atoms with van der Waals surface area (Å²) in [5, 5.41) is 2.73. The lowest BCUT2D eigenvalue weighted by Gasteiger charge is -2.25. The third kappa shape index (κ3) is 7.03. The van der Waals surface area contributed by atoms with Gasteiger partial charge in [-0.15, -0.1) is 0 Å². The lowest BCUT2D eigenvalue weighted by molar-refractivity contribution is -0.150. The number of carbonyl (C=O) groups excluding carboxylic acids is 3. The Balaban J connectivity index is 2.00. The predicted molar refractivity (Wildman–Crippen MR) is 112 cm³/mol. The van der Waals surface area contributed by atoms with Crippen LogP contribution in [0.1, 0.15) is 31.2 Å². The van der Waals surface area contributed by atoms with Crippen LogP contribution < -0.4 is 22.5 Å². The number of amides is 2. The molecule has 1 heterocycles. The quantitative estimate of drug-likeness (QED) is 0.167. The minimum Gasteiger partial charge on any atom is -0.459 e. The first-order valence-electron chi connectivity index (χ1n) is 9.98. The molecule has 1 aromatic carbocycles. The zero-order chi connectivity index (χ0) is 21.9. The van der Waals surface area contributed by atoms with Crippen molar-refractivity contribution in [1.29, 1.82) is 0 Å². The van der Waals surface area contributed by atoms with Gasteiger partial charge < -0.3 is 32.2 Å². The molecule has 0 unspecified atom stereocenters. The molecule has 2 atom stereocenters. The molecule has 10 nitrogen and oxygen atoms in total. The summed E-state index contributed by atoms with van der Waals surface area (Å²) >= 11 is 0. The number of nitrogens with one attached hydrogen (secondary N) is 1. The van der Waals surface area contributed by atoms with Crippen LogP contribution in [0.25, 0.3) is 0 Å². The number of hydrogen-bond acceptors (Lipinski definition) is 6. The van der Waals surface area contributed by atoms with Crippen molar-refractivity contribution >= 4 is 23.7 Å². The summed E-state index contributed by atoms with van der Waals surface area (Å²) < 4.78 is 5.39. The molecule has 0 radical (unpaired) electrons. The number of carbonyl (C=O) groups is 3. The molecule has 30 heavy (non-hydrogen) atoms. The van der Waals surface area contributed by atoms with Gasteiger partial charge in [-0.3, -0.25) is 14.6 Å². The van der Waals surface area contributed by atoms with E-state index in [4.69, 9.17) is 21.9 Å². The summed E-state index contributed by atoms with van der Waals surface area (Å²) in [6.45, 7) is 0.732. The third-order valence-corrected chi connectivity index (χ3v) is 4.82. The molecule has 1 aromatic rings. The number of benzene rings is 1. The van der Waals surface area contributed by atoms with Crippen LogP contribution >= 0.6 is 0 Å². The Kier molecular flexibility index (Phi) is 9.07. The van der Waals surface area contributed by atoms with E-state index in [1.54, 1.807) is 0 Å². The van der Waals surface area contributed by atoms with Crippen molar-refractivity contribution in [1.82, 2.24) is 10.2 Å². The fourth-order valence-corrected chi connectivity index (χ4v) is 3.30. The van der Waals surface area contributed by atoms with E-state index < -0.39 is 24.0 Å². The van der Waals surface area contributed by atoms with Gasteiger partial charge in [-0.25, -0.2) is 4.79 Å². The van der Waals surface area contributed by atoms with Crippen LogP contribution in [0.3, 0.4) is 0 Å². The van der Waals surface area contributed by atoms with E-state index in [1.807, 2.05) is 30.3 Å². The molecule has 2 rings (SSSR count). The van der Waals surface area contributed by atoms with Crippen LogP contribution in [0.15, 0.2) is 35.3 Å². The second kappa shape index (κ2) is 11.8. The summed E-state index contributed by atoms with van der Waals surface area (Å²) in [5.41, 5.74) is 16.9. The highest BCUT2D eigenvalue weighted by Crippen LogP contribution is 2.18. The second-order valence-electron chi connectivity index (χ2n) is 7.05. The van der Waals surface area contributed by atoms with Crippen molar-refractivity contribution in [3.05, 3.63) is 35.9 Å². The Morgan fingerprint density at radius 3 is 2.63 bits per heavy atom. The molecular weight excluding hydrogens is 388 g/mol. The number of rotatable bonds is 10. The minimum atomic E-state index is -0.870. The Hall–Kier alpha value is -3.14.